The molecular weight excluding hydrogens is 244 g/mol. The van der Waals surface area contributed by atoms with Gasteiger partial charge in [-0.25, -0.2) is 0 Å². The molecule has 1 amide bonds. The van der Waals surface area contributed by atoms with Crippen molar-refractivity contribution in [3.63, 3.8) is 0 Å². The van der Waals surface area contributed by atoms with Crippen molar-refractivity contribution >= 4 is 5.91 Å². The Morgan fingerprint density at radius 3 is 3.16 bits per heavy atom. The van der Waals surface area contributed by atoms with E-state index >= 15 is 0 Å². The zero-order valence-electron chi connectivity index (χ0n) is 10.6. The first-order chi connectivity index (χ1) is 9.25. The molecular formula is C12H14N6O. The summed E-state index contributed by atoms with van der Waals surface area (Å²) in [6.07, 6.45) is 4.22. The summed E-state index contributed by atoms with van der Waals surface area (Å²) >= 11 is 0. The average molecular weight is 258 g/mol. The summed E-state index contributed by atoms with van der Waals surface area (Å²) in [6.45, 7) is 3.26. The molecule has 3 rings (SSSR count). The fourth-order valence-electron chi connectivity index (χ4n) is 2.38. The molecule has 98 valence electrons. The van der Waals surface area contributed by atoms with E-state index in [0.29, 0.717) is 17.9 Å². The lowest BCUT2D eigenvalue weighted by Crippen LogP contribution is -2.29. The summed E-state index contributed by atoms with van der Waals surface area (Å²) in [5, 5.41) is 14.0. The predicted octanol–water partition coefficient (Wildman–Crippen LogP) is 0.533. The Balaban J connectivity index is 1.75. The van der Waals surface area contributed by atoms with Crippen LogP contribution >= 0.6 is 0 Å². The summed E-state index contributed by atoms with van der Waals surface area (Å²) in [4.78, 5) is 18.3. The summed E-state index contributed by atoms with van der Waals surface area (Å²) in [5.74, 6) is 0.900. The van der Waals surface area contributed by atoms with E-state index in [4.69, 9.17) is 0 Å². The van der Waals surface area contributed by atoms with Crippen LogP contribution in [-0.4, -0.2) is 49.5 Å². The van der Waals surface area contributed by atoms with Gasteiger partial charge in [0.05, 0.1) is 0 Å². The van der Waals surface area contributed by atoms with E-state index in [1.165, 1.54) is 0 Å². The Morgan fingerprint density at radius 2 is 2.42 bits per heavy atom. The van der Waals surface area contributed by atoms with Gasteiger partial charge < -0.3 is 4.90 Å². The number of H-pyrrole nitrogens is 1. The number of aromatic amines is 1. The van der Waals surface area contributed by atoms with Crippen LogP contribution in [0.2, 0.25) is 0 Å². The SMILES string of the molecule is Cc1cnccc1C(=O)N1CCC(c2nn[nH]n2)C1. The molecule has 0 aromatic carbocycles. The highest BCUT2D eigenvalue weighted by Crippen LogP contribution is 2.25. The van der Waals surface area contributed by atoms with Crippen LogP contribution in [0.3, 0.4) is 0 Å². The van der Waals surface area contributed by atoms with Gasteiger partial charge in [0, 0.05) is 37.0 Å². The molecule has 2 aromatic heterocycles. The van der Waals surface area contributed by atoms with Gasteiger partial charge in [0.25, 0.3) is 5.91 Å². The number of aryl methyl sites for hydroxylation is 1. The molecule has 0 aliphatic carbocycles. The van der Waals surface area contributed by atoms with Crippen molar-refractivity contribution < 1.29 is 4.79 Å². The number of tetrazole rings is 1. The van der Waals surface area contributed by atoms with Crippen LogP contribution < -0.4 is 0 Å². The van der Waals surface area contributed by atoms with Crippen LogP contribution in [0.1, 0.15) is 34.1 Å². The van der Waals surface area contributed by atoms with E-state index in [1.54, 1.807) is 18.5 Å². The number of pyridine rings is 1. The summed E-state index contributed by atoms with van der Waals surface area (Å²) < 4.78 is 0. The fourth-order valence-corrected chi connectivity index (χ4v) is 2.38. The maximum absolute atomic E-state index is 12.4. The number of aromatic nitrogens is 5. The van der Waals surface area contributed by atoms with E-state index in [-0.39, 0.29) is 11.8 Å². The molecule has 0 radical (unpaired) electrons. The van der Waals surface area contributed by atoms with Crippen LogP contribution in [-0.2, 0) is 0 Å². The third-order valence-electron chi connectivity index (χ3n) is 3.45. The van der Waals surface area contributed by atoms with Gasteiger partial charge in [-0.05, 0) is 25.0 Å². The van der Waals surface area contributed by atoms with E-state index < -0.39 is 0 Å². The zero-order chi connectivity index (χ0) is 13.2. The first-order valence-corrected chi connectivity index (χ1v) is 6.19. The molecule has 19 heavy (non-hydrogen) atoms. The molecule has 1 saturated heterocycles. The van der Waals surface area contributed by atoms with Gasteiger partial charge in [0.2, 0.25) is 0 Å². The molecule has 2 aromatic rings. The molecule has 0 bridgehead atoms. The van der Waals surface area contributed by atoms with E-state index in [0.717, 1.165) is 18.5 Å². The second-order valence-corrected chi connectivity index (χ2v) is 4.70. The van der Waals surface area contributed by atoms with Crippen molar-refractivity contribution in [1.29, 1.82) is 0 Å². The van der Waals surface area contributed by atoms with Crippen molar-refractivity contribution in [1.82, 2.24) is 30.5 Å². The quantitative estimate of drug-likeness (QED) is 0.849. The van der Waals surface area contributed by atoms with Gasteiger partial charge in [0.1, 0.15) is 0 Å². The van der Waals surface area contributed by atoms with Gasteiger partial charge in [-0.15, -0.1) is 10.2 Å². The van der Waals surface area contributed by atoms with Gasteiger partial charge in [-0.1, -0.05) is 5.21 Å². The molecule has 1 atom stereocenters. The molecule has 1 fully saturated rings. The van der Waals surface area contributed by atoms with Gasteiger partial charge in [-0.3, -0.25) is 9.78 Å². The number of nitrogens with one attached hydrogen (secondary N) is 1. The van der Waals surface area contributed by atoms with Crippen LogP contribution in [0, 0.1) is 6.92 Å². The molecule has 3 heterocycles. The first kappa shape index (κ1) is 11.8. The maximum atomic E-state index is 12.4. The minimum absolute atomic E-state index is 0.0471. The van der Waals surface area contributed by atoms with Gasteiger partial charge in [0.15, 0.2) is 5.82 Å². The molecule has 1 unspecified atom stereocenters. The highest BCUT2D eigenvalue weighted by molar-refractivity contribution is 5.95. The Labute approximate surface area is 110 Å². The summed E-state index contributed by atoms with van der Waals surface area (Å²) in [6, 6.07) is 1.76. The highest BCUT2D eigenvalue weighted by Gasteiger charge is 2.30. The minimum Gasteiger partial charge on any atom is -0.338 e. The molecule has 1 N–H and O–H groups in total. The normalized spacial score (nSPS) is 18.8. The highest BCUT2D eigenvalue weighted by atomic mass is 16.2. The van der Waals surface area contributed by atoms with Crippen molar-refractivity contribution in [2.45, 2.75) is 19.3 Å². The van der Waals surface area contributed by atoms with E-state index in [2.05, 4.69) is 25.6 Å². The lowest BCUT2D eigenvalue weighted by Gasteiger charge is -2.16. The molecule has 7 nitrogen and oxygen atoms in total. The number of carbonyl (C=O) groups excluding carboxylic acids is 1. The number of carbonyl (C=O) groups is 1. The third kappa shape index (κ3) is 2.18. The number of rotatable bonds is 2. The number of likely N-dealkylation sites (tertiary alicyclic amines) is 1. The molecule has 0 saturated carbocycles. The van der Waals surface area contributed by atoms with Crippen LogP contribution in [0.25, 0.3) is 0 Å². The second kappa shape index (κ2) is 4.75. The minimum atomic E-state index is 0.0471. The zero-order valence-corrected chi connectivity index (χ0v) is 10.6. The average Bonchev–Trinajstić information content (AvgIpc) is 3.09. The van der Waals surface area contributed by atoms with Crippen molar-refractivity contribution in [2.24, 2.45) is 0 Å². The second-order valence-electron chi connectivity index (χ2n) is 4.70. The standard InChI is InChI=1S/C12H14N6O/c1-8-6-13-4-2-10(8)12(19)18-5-3-9(7-18)11-14-16-17-15-11/h2,4,6,9H,3,5,7H2,1H3,(H,14,15,16,17). The van der Waals surface area contributed by atoms with Gasteiger partial charge >= 0.3 is 0 Å². The summed E-state index contributed by atoms with van der Waals surface area (Å²) in [7, 11) is 0. The third-order valence-corrected chi connectivity index (χ3v) is 3.45. The lowest BCUT2D eigenvalue weighted by atomic mass is 10.1. The fraction of sp³-hybridized carbons (Fsp3) is 0.417. The van der Waals surface area contributed by atoms with E-state index in [9.17, 15) is 4.79 Å². The van der Waals surface area contributed by atoms with Gasteiger partial charge in [-0.2, -0.15) is 5.21 Å². The molecule has 1 aliphatic heterocycles. The Hall–Kier alpha value is -2.31. The first-order valence-electron chi connectivity index (χ1n) is 6.19. The van der Waals surface area contributed by atoms with Crippen molar-refractivity contribution in [3.05, 3.63) is 35.4 Å². The number of nitrogens with zero attached hydrogens (tertiary/aromatic N) is 5. The lowest BCUT2D eigenvalue weighted by molar-refractivity contribution is 0.0789. The van der Waals surface area contributed by atoms with Crippen LogP contribution in [0.4, 0.5) is 0 Å². The number of amides is 1. The number of hydrogen-bond acceptors (Lipinski definition) is 5. The van der Waals surface area contributed by atoms with E-state index in [1.807, 2.05) is 11.8 Å². The Bertz CT molecular complexity index is 582. The number of hydrogen-bond donors (Lipinski definition) is 1. The predicted molar refractivity (Wildman–Crippen MR) is 66.4 cm³/mol. The topological polar surface area (TPSA) is 87.7 Å². The van der Waals surface area contributed by atoms with Crippen molar-refractivity contribution in [3.8, 4) is 0 Å². The van der Waals surface area contributed by atoms with Crippen molar-refractivity contribution in [2.75, 3.05) is 13.1 Å². The smallest absolute Gasteiger partial charge is 0.254 e. The molecule has 7 heteroatoms. The molecule has 1 aliphatic rings. The largest absolute Gasteiger partial charge is 0.338 e. The molecule has 0 spiro atoms. The van der Waals surface area contributed by atoms with Crippen LogP contribution in [0.15, 0.2) is 18.5 Å². The Kier molecular flexibility index (Phi) is 2.94. The Morgan fingerprint density at radius 1 is 1.53 bits per heavy atom. The summed E-state index contributed by atoms with van der Waals surface area (Å²) in [5.41, 5.74) is 1.61. The van der Waals surface area contributed by atoms with Crippen LogP contribution in [0.5, 0.6) is 0 Å². The maximum Gasteiger partial charge on any atom is 0.254 e. The monoisotopic (exact) mass is 258 g/mol.